The van der Waals surface area contributed by atoms with Gasteiger partial charge in [-0.3, -0.25) is 14.5 Å². The number of allylic oxidation sites excluding steroid dienone is 1. The van der Waals surface area contributed by atoms with E-state index in [0.29, 0.717) is 33.6 Å². The third kappa shape index (κ3) is 3.81. The van der Waals surface area contributed by atoms with E-state index in [9.17, 15) is 14.7 Å². The Kier molecular flexibility index (Phi) is 5.56. The van der Waals surface area contributed by atoms with E-state index in [-0.39, 0.29) is 24.7 Å². The van der Waals surface area contributed by atoms with Crippen LogP contribution in [0.15, 0.2) is 84.9 Å². The van der Waals surface area contributed by atoms with E-state index in [1.165, 1.54) is 4.90 Å². The van der Waals surface area contributed by atoms with Crippen molar-refractivity contribution in [3.8, 4) is 21.8 Å². The molecule has 2 aliphatic rings. The van der Waals surface area contributed by atoms with Crippen molar-refractivity contribution >= 4 is 45.5 Å². The number of benzene rings is 2. The molecule has 1 saturated carbocycles. The maximum absolute atomic E-state index is 13.6. The topological polar surface area (TPSA) is 114 Å². The summed E-state index contributed by atoms with van der Waals surface area (Å²) in [7, 11) is 0. The van der Waals surface area contributed by atoms with E-state index in [0.717, 1.165) is 33.0 Å². The number of rotatable bonds is 5. The van der Waals surface area contributed by atoms with Gasteiger partial charge in [0.05, 0.1) is 44.7 Å². The average molecular weight is 599 g/mol. The molecule has 10 heteroatoms. The molecular formula is C34H26N6O3S. The van der Waals surface area contributed by atoms with Crippen LogP contribution in [0.25, 0.3) is 44.2 Å². The first-order chi connectivity index (χ1) is 21.1. The summed E-state index contributed by atoms with van der Waals surface area (Å²) in [6.45, 7) is 7.65. The van der Waals surface area contributed by atoms with Crippen LogP contribution < -0.4 is 0 Å². The molecule has 44 heavy (non-hydrogen) atoms. The van der Waals surface area contributed by atoms with Gasteiger partial charge in [0, 0.05) is 24.5 Å². The van der Waals surface area contributed by atoms with Gasteiger partial charge in [0.25, 0.3) is 11.8 Å². The van der Waals surface area contributed by atoms with Gasteiger partial charge < -0.3 is 5.11 Å². The summed E-state index contributed by atoms with van der Waals surface area (Å²) in [5, 5.41) is 17.6. The second-order valence-electron chi connectivity index (χ2n) is 11.9. The zero-order chi connectivity index (χ0) is 30.4. The summed E-state index contributed by atoms with van der Waals surface area (Å²) >= 11 is 1.57. The number of imide groups is 1. The lowest BCUT2D eigenvalue weighted by atomic mass is 9.61. The minimum Gasteiger partial charge on any atom is -0.390 e. The highest BCUT2D eigenvalue weighted by Gasteiger charge is 2.60. The lowest BCUT2D eigenvalue weighted by molar-refractivity contribution is -0.118. The third-order valence-electron chi connectivity index (χ3n) is 8.57. The molecule has 0 spiro atoms. The fourth-order valence-electron chi connectivity index (χ4n) is 6.64. The number of carbonyl (C=O) groups is 2. The fourth-order valence-corrected chi connectivity index (χ4v) is 7.35. The van der Waals surface area contributed by atoms with Crippen molar-refractivity contribution in [3.05, 3.63) is 107 Å². The summed E-state index contributed by atoms with van der Waals surface area (Å²) in [5.74, 6) is -0.673. The number of hydrogen-bond acceptors (Lipinski definition) is 8. The molecule has 1 aliphatic carbocycles. The molecule has 5 heterocycles. The molecule has 0 unspecified atom stereocenters. The Morgan fingerprint density at radius 3 is 2.27 bits per heavy atom. The smallest absolute Gasteiger partial charge is 0.262 e. The Labute approximate surface area is 256 Å². The van der Waals surface area contributed by atoms with Crippen molar-refractivity contribution in [2.45, 2.75) is 37.8 Å². The Bertz CT molecular complexity index is 2140. The predicted octanol–water partition coefficient (Wildman–Crippen LogP) is 6.14. The van der Waals surface area contributed by atoms with Gasteiger partial charge in [0.1, 0.15) is 11.2 Å². The van der Waals surface area contributed by atoms with Gasteiger partial charge in [-0.1, -0.05) is 49.0 Å². The maximum atomic E-state index is 13.6. The predicted molar refractivity (Wildman–Crippen MR) is 168 cm³/mol. The van der Waals surface area contributed by atoms with Crippen molar-refractivity contribution in [1.29, 1.82) is 0 Å². The van der Waals surface area contributed by atoms with Gasteiger partial charge in [-0.05, 0) is 48.6 Å². The zero-order valence-corrected chi connectivity index (χ0v) is 24.8. The number of aliphatic hydroxyl groups is 1. The number of carbonyl (C=O) groups excluding carboxylic acids is 2. The highest BCUT2D eigenvalue weighted by molar-refractivity contribution is 7.13. The number of hydrogen-bond donors (Lipinski definition) is 1. The van der Waals surface area contributed by atoms with Gasteiger partial charge in [0.15, 0.2) is 11.3 Å². The molecule has 0 bridgehead atoms. The van der Waals surface area contributed by atoms with Gasteiger partial charge >= 0.3 is 0 Å². The van der Waals surface area contributed by atoms with Gasteiger partial charge in [0.2, 0.25) is 0 Å². The number of fused-ring (bicyclic) bond motifs is 4. The van der Waals surface area contributed by atoms with Gasteiger partial charge in [-0.2, -0.15) is 9.61 Å². The van der Waals surface area contributed by atoms with Crippen LogP contribution in [0.4, 0.5) is 0 Å². The second-order valence-corrected chi connectivity index (χ2v) is 12.8. The van der Waals surface area contributed by atoms with E-state index in [2.05, 4.69) is 16.7 Å². The van der Waals surface area contributed by atoms with Crippen LogP contribution in [0.1, 0.15) is 58.7 Å². The Hall–Kier alpha value is -5.06. The standard InChI is InChI=1S/C34H26N6O3S/c1-19(2)24-15-27-35-16-25-30(40(27)38-24)37-28(29(36-25)26-9-6-14-44-26)20-10-12-21(13-11-20)34(17-33(3,43)18-34)39-31(41)22-7-4-5-8-23(22)32(39)42/h4-16,43H,1,17-18H2,2-3H3/t33-,34+. The molecule has 1 aliphatic heterocycles. The summed E-state index contributed by atoms with van der Waals surface area (Å²) < 4.78 is 1.69. The summed E-state index contributed by atoms with van der Waals surface area (Å²) in [6.07, 6.45) is 2.20. The first-order valence-electron chi connectivity index (χ1n) is 14.2. The van der Waals surface area contributed by atoms with Crippen molar-refractivity contribution < 1.29 is 14.7 Å². The molecule has 0 saturated heterocycles. The second kappa shape index (κ2) is 9.22. The van der Waals surface area contributed by atoms with Crippen LogP contribution in [0, 0.1) is 0 Å². The Morgan fingerprint density at radius 1 is 0.955 bits per heavy atom. The van der Waals surface area contributed by atoms with Crippen LogP contribution in [-0.2, 0) is 5.54 Å². The van der Waals surface area contributed by atoms with Crippen molar-refractivity contribution in [2.24, 2.45) is 0 Å². The molecule has 8 rings (SSSR count). The number of thiophene rings is 1. The van der Waals surface area contributed by atoms with Crippen molar-refractivity contribution in [1.82, 2.24) is 29.5 Å². The van der Waals surface area contributed by atoms with Crippen LogP contribution in [0.3, 0.4) is 0 Å². The molecule has 0 atom stereocenters. The Balaban J connectivity index is 1.26. The van der Waals surface area contributed by atoms with Crippen LogP contribution in [0.2, 0.25) is 0 Å². The SMILES string of the molecule is C=C(C)c1cc2ncc3nc(-c4cccs4)c(-c4ccc([C@]5(N6C(=O)c7ccccc7C6=O)C[C@@](C)(O)C5)cc4)nc3n2n1. The highest BCUT2D eigenvalue weighted by Crippen LogP contribution is 2.54. The van der Waals surface area contributed by atoms with E-state index in [1.54, 1.807) is 53.2 Å². The molecule has 0 radical (unpaired) electrons. The monoisotopic (exact) mass is 598 g/mol. The van der Waals surface area contributed by atoms with Crippen LogP contribution in [0.5, 0.6) is 0 Å². The van der Waals surface area contributed by atoms with E-state index in [4.69, 9.17) is 9.97 Å². The summed E-state index contributed by atoms with van der Waals surface area (Å²) in [5.41, 5.74) is 5.17. The fraction of sp³-hybridized carbons (Fsp3) is 0.176. The molecule has 2 amide bonds. The van der Waals surface area contributed by atoms with Crippen molar-refractivity contribution in [3.63, 3.8) is 0 Å². The molecular weight excluding hydrogens is 572 g/mol. The minimum absolute atomic E-state index is 0.246. The maximum Gasteiger partial charge on any atom is 0.262 e. The minimum atomic E-state index is -1.00. The van der Waals surface area contributed by atoms with Crippen molar-refractivity contribution in [2.75, 3.05) is 0 Å². The highest BCUT2D eigenvalue weighted by atomic mass is 32.1. The molecule has 2 aromatic carbocycles. The van der Waals surface area contributed by atoms with Crippen LogP contribution >= 0.6 is 11.3 Å². The molecule has 6 aromatic rings. The lowest BCUT2D eigenvalue weighted by Crippen LogP contribution is -2.63. The number of aromatic nitrogens is 5. The molecule has 1 fully saturated rings. The first-order valence-corrected chi connectivity index (χ1v) is 15.1. The largest absolute Gasteiger partial charge is 0.390 e. The normalized spacial score (nSPS) is 21.2. The molecule has 4 aromatic heterocycles. The van der Waals surface area contributed by atoms with E-state index < -0.39 is 11.1 Å². The third-order valence-corrected chi connectivity index (χ3v) is 9.45. The van der Waals surface area contributed by atoms with Gasteiger partial charge in [-0.15, -0.1) is 11.3 Å². The van der Waals surface area contributed by atoms with Crippen LogP contribution in [-0.4, -0.2) is 52.0 Å². The summed E-state index contributed by atoms with van der Waals surface area (Å²) in [6, 6.07) is 20.5. The summed E-state index contributed by atoms with van der Waals surface area (Å²) in [4.78, 5) is 44.1. The molecule has 1 N–H and O–H groups in total. The number of amides is 2. The lowest BCUT2D eigenvalue weighted by Gasteiger charge is -2.55. The average Bonchev–Trinajstić information content (AvgIpc) is 3.75. The Morgan fingerprint density at radius 2 is 1.66 bits per heavy atom. The molecule has 9 nitrogen and oxygen atoms in total. The van der Waals surface area contributed by atoms with E-state index in [1.807, 2.05) is 54.8 Å². The quantitative estimate of drug-likeness (QED) is 0.237. The molecule has 216 valence electrons. The van der Waals surface area contributed by atoms with Gasteiger partial charge in [-0.25, -0.2) is 15.0 Å². The first kappa shape index (κ1) is 26.6. The zero-order valence-electron chi connectivity index (χ0n) is 24.0. The number of nitrogens with zero attached hydrogens (tertiary/aromatic N) is 6. The van der Waals surface area contributed by atoms with E-state index >= 15 is 0 Å².